The third kappa shape index (κ3) is 7.18. The highest BCUT2D eigenvalue weighted by Crippen LogP contribution is 2.35. The number of carbonyl (C=O) groups is 1. The molecule has 0 aliphatic rings. The lowest BCUT2D eigenvalue weighted by Crippen LogP contribution is -2.20. The van der Waals surface area contributed by atoms with Gasteiger partial charge < -0.3 is 14.3 Å². The molecule has 0 bridgehead atoms. The first-order valence-electron chi connectivity index (χ1n) is 10.9. The van der Waals surface area contributed by atoms with E-state index in [4.69, 9.17) is 14.3 Å². The number of nitrogens with one attached hydrogen (secondary N) is 1. The van der Waals surface area contributed by atoms with Crippen molar-refractivity contribution in [2.75, 3.05) is 20.0 Å². The molecule has 1 aromatic carbocycles. The van der Waals surface area contributed by atoms with Crippen LogP contribution in [0.2, 0.25) is 0 Å². The van der Waals surface area contributed by atoms with Crippen molar-refractivity contribution in [3.8, 4) is 22.8 Å². The van der Waals surface area contributed by atoms with Crippen LogP contribution in [0, 0.1) is 0 Å². The number of rotatable bonds is 11. The summed E-state index contributed by atoms with van der Waals surface area (Å²) >= 11 is 0. The lowest BCUT2D eigenvalue weighted by Gasteiger charge is -2.13. The minimum atomic E-state index is -4.94. The Labute approximate surface area is 216 Å². The molecule has 202 valence electrons. The highest BCUT2D eigenvalue weighted by Gasteiger charge is 2.35. The molecule has 38 heavy (non-hydrogen) atoms. The third-order valence-electron chi connectivity index (χ3n) is 5.06. The lowest BCUT2D eigenvalue weighted by atomic mass is 10.1. The predicted molar refractivity (Wildman–Crippen MR) is 129 cm³/mol. The second-order valence-electron chi connectivity index (χ2n) is 7.70. The first kappa shape index (κ1) is 28.4. The van der Waals surface area contributed by atoms with Crippen molar-refractivity contribution in [2.45, 2.75) is 24.2 Å². The Morgan fingerprint density at radius 3 is 2.34 bits per heavy atom. The molecule has 2 heterocycles. The predicted octanol–water partition coefficient (Wildman–Crippen LogP) is 3.85. The molecule has 0 spiro atoms. The maximum Gasteiger partial charge on any atom is 0.433 e. The molecular weight excluding hydrogens is 529 g/mol. The van der Waals surface area contributed by atoms with E-state index in [0.717, 1.165) is 0 Å². The largest absolute Gasteiger partial charge is 0.493 e. The maximum absolute atomic E-state index is 13.5. The van der Waals surface area contributed by atoms with Crippen molar-refractivity contribution < 1.29 is 40.7 Å². The number of hydroxylamine groups is 1. The number of methoxy groups -OCH3 is 2. The van der Waals surface area contributed by atoms with Crippen LogP contribution in [0.1, 0.15) is 24.1 Å². The van der Waals surface area contributed by atoms with Gasteiger partial charge >= 0.3 is 12.1 Å². The fourth-order valence-corrected chi connectivity index (χ4v) is 4.31. The van der Waals surface area contributed by atoms with Gasteiger partial charge in [0.25, 0.3) is 0 Å². The second kappa shape index (κ2) is 11.9. The Balaban J connectivity index is 1.74. The fraction of sp³-hybridized carbons (Fsp3) is 0.250. The molecule has 3 aromatic rings. The van der Waals surface area contributed by atoms with Gasteiger partial charge in [-0.3, -0.25) is 4.98 Å². The molecular formula is C24H23F3N4O6S. The van der Waals surface area contributed by atoms with Crippen molar-refractivity contribution in [2.24, 2.45) is 0 Å². The number of aromatic nitrogens is 3. The van der Waals surface area contributed by atoms with Crippen LogP contribution in [0.15, 0.2) is 60.5 Å². The van der Waals surface area contributed by atoms with Crippen molar-refractivity contribution >= 4 is 21.5 Å². The average molecular weight is 553 g/mol. The molecule has 0 unspecified atom stereocenters. The van der Waals surface area contributed by atoms with Crippen LogP contribution in [-0.2, 0) is 25.6 Å². The Morgan fingerprint density at radius 2 is 1.71 bits per heavy atom. The summed E-state index contributed by atoms with van der Waals surface area (Å²) in [6.07, 6.45) is -2.51. The maximum atomic E-state index is 13.5. The molecule has 2 aromatic heterocycles. The van der Waals surface area contributed by atoms with Gasteiger partial charge in [-0.05, 0) is 42.8 Å². The smallest absolute Gasteiger partial charge is 0.433 e. The van der Waals surface area contributed by atoms with Crippen LogP contribution in [0.3, 0.4) is 0 Å². The molecule has 3 rings (SSSR count). The Morgan fingerprint density at radius 1 is 1.03 bits per heavy atom. The average Bonchev–Trinajstić information content (AvgIpc) is 2.90. The standard InChI is InChI=1S/C24H23F3N4O6S/c1-15(16-8-10-28-11-9-16)31-37-22(32)5-4-12-38(33,34)23-29-18(14-21(30-23)24(25,26)27)17-6-7-19(35-2)20(13-17)36-3/h6-11,13-14,31H,1,4-5,12H2,2-3H3. The monoisotopic (exact) mass is 552 g/mol. The van der Waals surface area contributed by atoms with E-state index in [1.807, 2.05) is 0 Å². The molecule has 0 saturated carbocycles. The summed E-state index contributed by atoms with van der Waals surface area (Å²) in [4.78, 5) is 27.8. The number of hydrogen-bond donors (Lipinski definition) is 1. The summed E-state index contributed by atoms with van der Waals surface area (Å²) in [5.41, 5.74) is 1.67. The zero-order chi connectivity index (χ0) is 27.9. The van der Waals surface area contributed by atoms with Gasteiger partial charge in [0, 0.05) is 29.9 Å². The van der Waals surface area contributed by atoms with Gasteiger partial charge in [0.15, 0.2) is 11.5 Å². The summed E-state index contributed by atoms with van der Waals surface area (Å²) < 4.78 is 76.5. The summed E-state index contributed by atoms with van der Waals surface area (Å²) in [6, 6.07) is 8.10. The minimum Gasteiger partial charge on any atom is -0.493 e. The summed E-state index contributed by atoms with van der Waals surface area (Å²) in [5.74, 6) is -0.966. The first-order chi connectivity index (χ1) is 17.9. The summed E-state index contributed by atoms with van der Waals surface area (Å²) in [5, 5.41) is -1.02. The number of alkyl halides is 3. The molecule has 0 radical (unpaired) electrons. The quantitative estimate of drug-likeness (QED) is 0.277. The molecule has 0 aliphatic carbocycles. The number of hydrogen-bond acceptors (Lipinski definition) is 10. The zero-order valence-electron chi connectivity index (χ0n) is 20.3. The van der Waals surface area contributed by atoms with E-state index >= 15 is 0 Å². The molecule has 0 aliphatic heterocycles. The van der Waals surface area contributed by atoms with Gasteiger partial charge in [-0.2, -0.15) is 13.2 Å². The van der Waals surface area contributed by atoms with E-state index in [0.29, 0.717) is 17.4 Å². The number of ether oxygens (including phenoxy) is 2. The van der Waals surface area contributed by atoms with Gasteiger partial charge in [0.05, 0.1) is 31.4 Å². The van der Waals surface area contributed by atoms with Crippen LogP contribution in [0.5, 0.6) is 11.5 Å². The van der Waals surface area contributed by atoms with Crippen LogP contribution in [0.4, 0.5) is 13.2 Å². The lowest BCUT2D eigenvalue weighted by molar-refractivity contribution is -0.148. The molecule has 10 nitrogen and oxygen atoms in total. The van der Waals surface area contributed by atoms with E-state index in [2.05, 4.69) is 27.0 Å². The summed E-state index contributed by atoms with van der Waals surface area (Å²) in [7, 11) is -1.67. The summed E-state index contributed by atoms with van der Waals surface area (Å²) in [6.45, 7) is 3.70. The molecule has 0 amide bonds. The molecule has 1 N–H and O–H groups in total. The van der Waals surface area contributed by atoms with E-state index in [9.17, 15) is 26.4 Å². The van der Waals surface area contributed by atoms with Gasteiger partial charge in [-0.25, -0.2) is 28.7 Å². The number of nitrogens with zero attached hydrogens (tertiary/aromatic N) is 3. The highest BCUT2D eigenvalue weighted by atomic mass is 32.2. The van der Waals surface area contributed by atoms with Gasteiger partial charge in [-0.1, -0.05) is 6.58 Å². The van der Waals surface area contributed by atoms with Crippen molar-refractivity contribution in [3.05, 3.63) is 66.6 Å². The third-order valence-corrected chi connectivity index (χ3v) is 6.63. The van der Waals surface area contributed by atoms with Crippen LogP contribution in [0.25, 0.3) is 17.0 Å². The number of sulfone groups is 1. The Bertz CT molecular complexity index is 1420. The van der Waals surface area contributed by atoms with Crippen molar-refractivity contribution in [3.63, 3.8) is 0 Å². The SMILES string of the molecule is C=C(NOC(=O)CCCS(=O)(=O)c1nc(-c2ccc(OC)c(OC)c2)cc(C(F)(F)F)n1)c1ccncc1. The van der Waals surface area contributed by atoms with E-state index in [1.54, 1.807) is 12.1 Å². The Hall–Kier alpha value is -4.20. The van der Waals surface area contributed by atoms with Gasteiger partial charge in [-0.15, -0.1) is 0 Å². The molecule has 0 saturated heterocycles. The number of carbonyl (C=O) groups excluding carboxylic acids is 1. The molecule has 14 heteroatoms. The van der Waals surface area contributed by atoms with Crippen LogP contribution < -0.4 is 15.0 Å². The fourth-order valence-electron chi connectivity index (χ4n) is 3.13. The number of pyridine rings is 1. The normalized spacial score (nSPS) is 11.5. The van der Waals surface area contributed by atoms with E-state index < -0.39 is 38.6 Å². The minimum absolute atomic E-state index is 0.149. The number of benzene rings is 1. The zero-order valence-corrected chi connectivity index (χ0v) is 21.1. The van der Waals surface area contributed by atoms with Gasteiger partial charge in [0.2, 0.25) is 15.0 Å². The van der Waals surface area contributed by atoms with Crippen LogP contribution in [-0.4, -0.2) is 49.3 Å². The number of halogens is 3. The second-order valence-corrected chi connectivity index (χ2v) is 9.70. The molecule has 0 atom stereocenters. The Kier molecular flexibility index (Phi) is 8.88. The molecule has 0 fully saturated rings. The van der Waals surface area contributed by atoms with Crippen molar-refractivity contribution in [1.82, 2.24) is 20.4 Å². The topological polar surface area (TPSA) is 130 Å². The van der Waals surface area contributed by atoms with Crippen molar-refractivity contribution in [1.29, 1.82) is 0 Å². The first-order valence-corrected chi connectivity index (χ1v) is 12.6. The highest BCUT2D eigenvalue weighted by molar-refractivity contribution is 7.91. The van der Waals surface area contributed by atoms with Gasteiger partial charge in [0.1, 0.15) is 5.69 Å². The van der Waals surface area contributed by atoms with E-state index in [-0.39, 0.29) is 35.5 Å². The van der Waals surface area contributed by atoms with Crippen LogP contribution >= 0.6 is 0 Å². The van der Waals surface area contributed by atoms with E-state index in [1.165, 1.54) is 44.8 Å².